The van der Waals surface area contributed by atoms with E-state index in [1.807, 2.05) is 37.4 Å². The van der Waals surface area contributed by atoms with E-state index in [1.54, 1.807) is 4.90 Å². The zero-order valence-corrected chi connectivity index (χ0v) is 12.3. The molecule has 1 saturated heterocycles. The first-order chi connectivity index (χ1) is 10.2. The quantitative estimate of drug-likeness (QED) is 0.909. The van der Waals surface area contributed by atoms with Crippen molar-refractivity contribution in [2.24, 2.45) is 0 Å². The molecule has 2 aromatic carbocycles. The van der Waals surface area contributed by atoms with Gasteiger partial charge in [0, 0.05) is 25.0 Å². The van der Waals surface area contributed by atoms with E-state index in [9.17, 15) is 4.79 Å². The summed E-state index contributed by atoms with van der Waals surface area (Å²) in [6.45, 7) is 1.81. The first-order valence-electron chi connectivity index (χ1n) is 7.47. The molecular formula is C17H21N3O. The maximum atomic E-state index is 12.3. The molecule has 2 amide bonds. The Morgan fingerprint density at radius 2 is 2.10 bits per heavy atom. The highest BCUT2D eigenvalue weighted by Gasteiger charge is 2.19. The van der Waals surface area contributed by atoms with Crippen LogP contribution in [0.25, 0.3) is 10.8 Å². The predicted molar refractivity (Wildman–Crippen MR) is 86.6 cm³/mol. The highest BCUT2D eigenvalue weighted by atomic mass is 16.2. The van der Waals surface area contributed by atoms with Crippen LogP contribution in [0.3, 0.4) is 0 Å². The number of benzene rings is 2. The Morgan fingerprint density at radius 3 is 2.90 bits per heavy atom. The van der Waals surface area contributed by atoms with Gasteiger partial charge in [0.05, 0.1) is 5.69 Å². The largest absolute Gasteiger partial charge is 0.326 e. The van der Waals surface area contributed by atoms with Crippen molar-refractivity contribution < 1.29 is 4.79 Å². The van der Waals surface area contributed by atoms with E-state index in [0.717, 1.165) is 36.0 Å². The summed E-state index contributed by atoms with van der Waals surface area (Å²) in [4.78, 5) is 14.1. The summed E-state index contributed by atoms with van der Waals surface area (Å²) in [6, 6.07) is 14.4. The van der Waals surface area contributed by atoms with Gasteiger partial charge in [0.1, 0.15) is 0 Å². The molecule has 2 N–H and O–H groups in total. The number of urea groups is 1. The third-order valence-electron chi connectivity index (χ3n) is 4.03. The third-order valence-corrected chi connectivity index (χ3v) is 4.03. The van der Waals surface area contributed by atoms with E-state index in [-0.39, 0.29) is 6.03 Å². The van der Waals surface area contributed by atoms with Crippen LogP contribution in [0, 0.1) is 0 Å². The van der Waals surface area contributed by atoms with Crippen molar-refractivity contribution in [2.45, 2.75) is 18.9 Å². The Hall–Kier alpha value is -2.07. The number of nitrogens with one attached hydrogen (secondary N) is 2. The van der Waals surface area contributed by atoms with Crippen molar-refractivity contribution in [3.05, 3.63) is 42.5 Å². The lowest BCUT2D eigenvalue weighted by Crippen LogP contribution is -2.40. The molecule has 0 saturated carbocycles. The molecule has 0 radical (unpaired) electrons. The fourth-order valence-corrected chi connectivity index (χ4v) is 2.87. The van der Waals surface area contributed by atoms with Gasteiger partial charge in [0.2, 0.25) is 0 Å². The molecule has 1 atom stereocenters. The molecule has 4 nitrogen and oxygen atoms in total. The average molecular weight is 283 g/mol. The molecule has 0 spiro atoms. The van der Waals surface area contributed by atoms with Crippen LogP contribution < -0.4 is 10.6 Å². The molecule has 1 aliphatic heterocycles. The number of amides is 2. The van der Waals surface area contributed by atoms with Gasteiger partial charge in [-0.1, -0.05) is 36.4 Å². The number of hydrogen-bond donors (Lipinski definition) is 2. The molecular weight excluding hydrogens is 262 g/mol. The van der Waals surface area contributed by atoms with Crippen LogP contribution in [-0.2, 0) is 0 Å². The molecule has 21 heavy (non-hydrogen) atoms. The van der Waals surface area contributed by atoms with E-state index < -0.39 is 0 Å². The van der Waals surface area contributed by atoms with Gasteiger partial charge in [-0.2, -0.15) is 0 Å². The van der Waals surface area contributed by atoms with Gasteiger partial charge in [-0.15, -0.1) is 0 Å². The molecule has 0 bridgehead atoms. The minimum Gasteiger partial charge on any atom is -0.326 e. The molecule has 1 fully saturated rings. The second kappa shape index (κ2) is 6.14. The number of rotatable bonds is 3. The van der Waals surface area contributed by atoms with Crippen LogP contribution in [0.4, 0.5) is 10.5 Å². The predicted octanol–water partition coefficient (Wildman–Crippen LogP) is 3.06. The second-order valence-electron chi connectivity index (χ2n) is 5.63. The van der Waals surface area contributed by atoms with Crippen molar-refractivity contribution in [3.8, 4) is 0 Å². The molecule has 1 heterocycles. The molecule has 2 aromatic rings. The Balaban J connectivity index is 1.70. The average Bonchev–Trinajstić information content (AvgIpc) is 3.00. The smallest absolute Gasteiger partial charge is 0.321 e. The number of likely N-dealkylation sites (N-methyl/N-ethyl adjacent to an activating group) is 1. The molecule has 3 rings (SSSR count). The number of hydrogen-bond acceptors (Lipinski definition) is 2. The van der Waals surface area contributed by atoms with Crippen LogP contribution >= 0.6 is 0 Å². The Labute approximate surface area is 125 Å². The van der Waals surface area contributed by atoms with E-state index in [0.29, 0.717) is 6.04 Å². The fourth-order valence-electron chi connectivity index (χ4n) is 2.87. The maximum Gasteiger partial charge on any atom is 0.321 e. The second-order valence-corrected chi connectivity index (χ2v) is 5.63. The fraction of sp³-hybridized carbons (Fsp3) is 0.353. The summed E-state index contributed by atoms with van der Waals surface area (Å²) in [5.41, 5.74) is 0.865. The van der Waals surface area contributed by atoms with Crippen molar-refractivity contribution in [3.63, 3.8) is 0 Å². The van der Waals surface area contributed by atoms with Gasteiger partial charge in [0.15, 0.2) is 0 Å². The molecule has 1 aliphatic rings. The standard InChI is InChI=1S/C17H21N3O/c1-20(12-14-8-5-11-18-14)17(21)19-16-10-4-7-13-6-2-3-9-15(13)16/h2-4,6-7,9-10,14,18H,5,8,11-12H2,1H3,(H,19,21). The van der Waals surface area contributed by atoms with E-state index in [4.69, 9.17) is 0 Å². The van der Waals surface area contributed by atoms with Gasteiger partial charge in [-0.05, 0) is 30.8 Å². The van der Waals surface area contributed by atoms with Gasteiger partial charge in [-0.25, -0.2) is 4.79 Å². The molecule has 110 valence electrons. The normalized spacial score (nSPS) is 17.9. The summed E-state index contributed by atoms with van der Waals surface area (Å²) in [7, 11) is 1.85. The van der Waals surface area contributed by atoms with E-state index in [1.165, 1.54) is 6.42 Å². The van der Waals surface area contributed by atoms with Crippen LogP contribution in [0.5, 0.6) is 0 Å². The molecule has 0 aromatic heterocycles. The van der Waals surface area contributed by atoms with Gasteiger partial charge in [0.25, 0.3) is 0 Å². The number of nitrogens with zero attached hydrogens (tertiary/aromatic N) is 1. The lowest BCUT2D eigenvalue weighted by atomic mass is 10.1. The zero-order valence-electron chi connectivity index (χ0n) is 12.3. The van der Waals surface area contributed by atoms with Crippen molar-refractivity contribution in [1.29, 1.82) is 0 Å². The van der Waals surface area contributed by atoms with Gasteiger partial charge >= 0.3 is 6.03 Å². The van der Waals surface area contributed by atoms with Crippen molar-refractivity contribution in [1.82, 2.24) is 10.2 Å². The molecule has 0 aliphatic carbocycles. The number of fused-ring (bicyclic) bond motifs is 1. The van der Waals surface area contributed by atoms with Crippen LogP contribution in [0.2, 0.25) is 0 Å². The van der Waals surface area contributed by atoms with Crippen LogP contribution in [0.15, 0.2) is 42.5 Å². The van der Waals surface area contributed by atoms with Crippen LogP contribution in [-0.4, -0.2) is 37.1 Å². The number of carbonyl (C=O) groups is 1. The monoisotopic (exact) mass is 283 g/mol. The summed E-state index contributed by atoms with van der Waals surface area (Å²) in [5, 5.41) is 8.64. The van der Waals surface area contributed by atoms with E-state index in [2.05, 4.69) is 22.8 Å². The summed E-state index contributed by atoms with van der Waals surface area (Å²) < 4.78 is 0. The number of anilines is 1. The first-order valence-corrected chi connectivity index (χ1v) is 7.47. The van der Waals surface area contributed by atoms with Crippen molar-refractivity contribution >= 4 is 22.5 Å². The van der Waals surface area contributed by atoms with Crippen LogP contribution in [0.1, 0.15) is 12.8 Å². The van der Waals surface area contributed by atoms with Gasteiger partial charge < -0.3 is 15.5 Å². The Bertz CT molecular complexity index is 629. The highest BCUT2D eigenvalue weighted by molar-refractivity contribution is 6.01. The SMILES string of the molecule is CN(CC1CCCN1)C(=O)Nc1cccc2ccccc12. The zero-order chi connectivity index (χ0) is 14.7. The minimum absolute atomic E-state index is 0.0555. The molecule has 4 heteroatoms. The first kappa shape index (κ1) is 13.9. The number of carbonyl (C=O) groups excluding carboxylic acids is 1. The van der Waals surface area contributed by atoms with Crippen molar-refractivity contribution in [2.75, 3.05) is 25.5 Å². The Kier molecular flexibility index (Phi) is 4.06. The molecule has 1 unspecified atom stereocenters. The van der Waals surface area contributed by atoms with E-state index >= 15 is 0 Å². The summed E-state index contributed by atoms with van der Waals surface area (Å²) >= 11 is 0. The minimum atomic E-state index is -0.0555. The lowest BCUT2D eigenvalue weighted by molar-refractivity contribution is 0.218. The maximum absolute atomic E-state index is 12.3. The topological polar surface area (TPSA) is 44.4 Å². The highest BCUT2D eigenvalue weighted by Crippen LogP contribution is 2.23. The lowest BCUT2D eigenvalue weighted by Gasteiger charge is -2.22. The summed E-state index contributed by atoms with van der Waals surface area (Å²) in [6.07, 6.45) is 2.34. The Morgan fingerprint density at radius 1 is 1.29 bits per heavy atom. The third kappa shape index (κ3) is 3.16. The van der Waals surface area contributed by atoms with Gasteiger partial charge in [-0.3, -0.25) is 0 Å². The summed E-state index contributed by atoms with van der Waals surface area (Å²) in [5.74, 6) is 0.